The van der Waals surface area contributed by atoms with E-state index in [0.29, 0.717) is 30.3 Å². The molecule has 2 aromatic carbocycles. The molecule has 12 heteroatoms. The Kier molecular flexibility index (Phi) is 8.46. The number of carbonyl (C=O) groups excluding carboxylic acids is 2. The molecule has 0 saturated carbocycles. The molecule has 9 nitrogen and oxygen atoms in total. The van der Waals surface area contributed by atoms with Gasteiger partial charge in [0.15, 0.2) is 0 Å². The van der Waals surface area contributed by atoms with Crippen LogP contribution in [0.25, 0.3) is 0 Å². The minimum Gasteiger partial charge on any atom is -0.357 e. The van der Waals surface area contributed by atoms with E-state index in [1.807, 2.05) is 11.9 Å². The molecule has 0 bridgehead atoms. The van der Waals surface area contributed by atoms with Crippen LogP contribution < -0.4 is 16.0 Å². The molecular formula is C27H30F3N7O2. The summed E-state index contributed by atoms with van der Waals surface area (Å²) in [5.74, 6) is -0.710. The molecule has 206 valence electrons. The van der Waals surface area contributed by atoms with E-state index in [1.54, 1.807) is 20.0 Å². The molecule has 3 aromatic rings. The van der Waals surface area contributed by atoms with E-state index in [2.05, 4.69) is 30.8 Å². The van der Waals surface area contributed by atoms with Crippen molar-refractivity contribution in [3.05, 3.63) is 76.6 Å². The SMILES string of the molecule is CNc1ncc(C(=O)Nc2cc(C(=O)Nc3ccc(CN4CCN(C)CC4)c(C(F)(F)F)c3)ccc2C)cn1. The Morgan fingerprint density at radius 1 is 0.923 bits per heavy atom. The Labute approximate surface area is 224 Å². The lowest BCUT2D eigenvalue weighted by Gasteiger charge is -2.33. The van der Waals surface area contributed by atoms with Crippen LogP contribution in [0.1, 0.15) is 37.4 Å². The van der Waals surface area contributed by atoms with Crippen molar-refractivity contribution in [2.24, 2.45) is 0 Å². The van der Waals surface area contributed by atoms with Crippen molar-refractivity contribution in [2.45, 2.75) is 19.6 Å². The molecule has 3 N–H and O–H groups in total. The van der Waals surface area contributed by atoms with E-state index < -0.39 is 23.6 Å². The molecule has 0 unspecified atom stereocenters. The Bertz CT molecular complexity index is 1340. The van der Waals surface area contributed by atoms with E-state index in [9.17, 15) is 22.8 Å². The number of hydrogen-bond acceptors (Lipinski definition) is 7. The number of anilines is 3. The maximum absolute atomic E-state index is 13.9. The second-order valence-corrected chi connectivity index (χ2v) is 9.43. The minimum atomic E-state index is -4.57. The van der Waals surface area contributed by atoms with Crippen molar-refractivity contribution in [2.75, 3.05) is 56.2 Å². The number of piperazine rings is 1. The number of aryl methyl sites for hydroxylation is 1. The van der Waals surface area contributed by atoms with Crippen LogP contribution in [0.3, 0.4) is 0 Å². The third-order valence-electron chi connectivity index (χ3n) is 6.55. The minimum absolute atomic E-state index is 0.0300. The molecule has 1 saturated heterocycles. The molecule has 4 rings (SSSR count). The van der Waals surface area contributed by atoms with E-state index in [1.165, 1.54) is 36.7 Å². The van der Waals surface area contributed by atoms with Crippen LogP contribution in [0.5, 0.6) is 0 Å². The number of nitrogens with zero attached hydrogens (tertiary/aromatic N) is 4. The van der Waals surface area contributed by atoms with Crippen molar-refractivity contribution in [1.82, 2.24) is 19.8 Å². The summed E-state index contributed by atoms with van der Waals surface area (Å²) >= 11 is 0. The highest BCUT2D eigenvalue weighted by atomic mass is 19.4. The first-order valence-electron chi connectivity index (χ1n) is 12.4. The molecule has 1 aliphatic rings. The third kappa shape index (κ3) is 7.09. The Balaban J connectivity index is 1.49. The predicted molar refractivity (Wildman–Crippen MR) is 143 cm³/mol. The van der Waals surface area contributed by atoms with Crippen LogP contribution in [-0.4, -0.2) is 71.9 Å². The molecular weight excluding hydrogens is 511 g/mol. The number of nitrogens with one attached hydrogen (secondary N) is 3. The molecule has 1 aliphatic heterocycles. The number of rotatable bonds is 7. The molecule has 2 heterocycles. The number of alkyl halides is 3. The van der Waals surface area contributed by atoms with Gasteiger partial charge in [-0.3, -0.25) is 14.5 Å². The van der Waals surface area contributed by atoms with Gasteiger partial charge in [-0.1, -0.05) is 12.1 Å². The number of aromatic nitrogens is 2. The van der Waals surface area contributed by atoms with Gasteiger partial charge in [-0.25, -0.2) is 9.97 Å². The fraction of sp³-hybridized carbons (Fsp3) is 0.333. The number of benzene rings is 2. The van der Waals surface area contributed by atoms with Crippen LogP contribution in [0.15, 0.2) is 48.8 Å². The Hall–Kier alpha value is -4.03. The summed E-state index contributed by atoms with van der Waals surface area (Å²) in [5, 5.41) is 8.04. The highest BCUT2D eigenvalue weighted by molar-refractivity contribution is 6.07. The fourth-order valence-electron chi connectivity index (χ4n) is 4.17. The molecule has 0 atom stereocenters. The van der Waals surface area contributed by atoms with Gasteiger partial charge >= 0.3 is 6.18 Å². The summed E-state index contributed by atoms with van der Waals surface area (Å²) in [6.45, 7) is 4.91. The van der Waals surface area contributed by atoms with Crippen LogP contribution >= 0.6 is 0 Å². The molecule has 39 heavy (non-hydrogen) atoms. The summed E-state index contributed by atoms with van der Waals surface area (Å²) in [6, 6.07) is 8.51. The van der Waals surface area contributed by atoms with Gasteiger partial charge in [-0.15, -0.1) is 0 Å². The van der Waals surface area contributed by atoms with Crippen LogP contribution in [-0.2, 0) is 12.7 Å². The average Bonchev–Trinajstić information content (AvgIpc) is 2.91. The molecule has 1 fully saturated rings. The molecule has 0 aliphatic carbocycles. The zero-order chi connectivity index (χ0) is 28.2. The second kappa shape index (κ2) is 11.8. The van der Waals surface area contributed by atoms with Crippen molar-refractivity contribution in [3.8, 4) is 0 Å². The predicted octanol–water partition coefficient (Wildman–Crippen LogP) is 4.10. The lowest BCUT2D eigenvalue weighted by Crippen LogP contribution is -2.44. The summed E-state index contributed by atoms with van der Waals surface area (Å²) < 4.78 is 41.7. The van der Waals surface area contributed by atoms with Crippen molar-refractivity contribution < 1.29 is 22.8 Å². The highest BCUT2D eigenvalue weighted by Gasteiger charge is 2.34. The first-order valence-corrected chi connectivity index (χ1v) is 12.4. The standard InChI is InChI=1S/C27H30F3N7O2/c1-17-4-5-18(12-23(17)35-25(39)20-14-32-26(31-2)33-15-20)24(38)34-21-7-6-19(22(13-21)27(28,29)30)16-37-10-8-36(3)9-11-37/h4-7,12-15H,8-11,16H2,1-3H3,(H,34,38)(H,35,39)(H,31,32,33). The van der Waals surface area contributed by atoms with Crippen LogP contribution in [0.4, 0.5) is 30.5 Å². The largest absolute Gasteiger partial charge is 0.416 e. The smallest absolute Gasteiger partial charge is 0.357 e. The molecule has 0 radical (unpaired) electrons. The van der Waals surface area contributed by atoms with Crippen LogP contribution in [0, 0.1) is 6.92 Å². The normalized spacial score (nSPS) is 14.6. The van der Waals surface area contributed by atoms with Crippen molar-refractivity contribution in [1.29, 1.82) is 0 Å². The number of carbonyl (C=O) groups is 2. The van der Waals surface area contributed by atoms with Gasteiger partial charge in [0.25, 0.3) is 11.8 Å². The van der Waals surface area contributed by atoms with Gasteiger partial charge in [0.05, 0.1) is 11.1 Å². The monoisotopic (exact) mass is 541 g/mol. The van der Waals surface area contributed by atoms with E-state index in [-0.39, 0.29) is 28.9 Å². The summed E-state index contributed by atoms with van der Waals surface area (Å²) in [4.78, 5) is 37.7. The van der Waals surface area contributed by atoms with Crippen LogP contribution in [0.2, 0.25) is 0 Å². The van der Waals surface area contributed by atoms with Crippen molar-refractivity contribution >= 4 is 29.1 Å². The summed E-state index contributed by atoms with van der Waals surface area (Å²) in [5.41, 5.74) is 0.888. The molecule has 2 amide bonds. The van der Waals surface area contributed by atoms with Gasteiger partial charge in [0, 0.05) is 69.1 Å². The van der Waals surface area contributed by atoms with Gasteiger partial charge in [0.2, 0.25) is 5.95 Å². The Morgan fingerprint density at radius 2 is 1.59 bits per heavy atom. The maximum atomic E-state index is 13.9. The molecule has 0 spiro atoms. The molecule has 1 aromatic heterocycles. The fourth-order valence-corrected chi connectivity index (χ4v) is 4.17. The topological polar surface area (TPSA) is 102 Å². The lowest BCUT2D eigenvalue weighted by molar-refractivity contribution is -0.138. The quantitative estimate of drug-likeness (QED) is 0.414. The Morgan fingerprint density at radius 3 is 2.23 bits per heavy atom. The summed E-state index contributed by atoms with van der Waals surface area (Å²) in [7, 11) is 3.64. The number of hydrogen-bond donors (Lipinski definition) is 3. The number of halogens is 3. The zero-order valence-electron chi connectivity index (χ0n) is 21.9. The zero-order valence-corrected chi connectivity index (χ0v) is 21.9. The number of amides is 2. The third-order valence-corrected chi connectivity index (χ3v) is 6.55. The van der Waals surface area contributed by atoms with Gasteiger partial charge < -0.3 is 20.9 Å². The first-order chi connectivity index (χ1) is 18.5. The van der Waals surface area contributed by atoms with Gasteiger partial charge in [-0.05, 0) is 49.4 Å². The second-order valence-electron chi connectivity index (χ2n) is 9.43. The average molecular weight is 542 g/mol. The van der Waals surface area contributed by atoms with E-state index >= 15 is 0 Å². The highest BCUT2D eigenvalue weighted by Crippen LogP contribution is 2.35. The van der Waals surface area contributed by atoms with Gasteiger partial charge in [-0.2, -0.15) is 13.2 Å². The first kappa shape index (κ1) is 28.0. The number of likely N-dealkylation sites (N-methyl/N-ethyl adjacent to an activating group) is 1. The van der Waals surface area contributed by atoms with E-state index in [4.69, 9.17) is 0 Å². The summed E-state index contributed by atoms with van der Waals surface area (Å²) in [6.07, 6.45) is -1.84. The van der Waals surface area contributed by atoms with Gasteiger partial charge in [0.1, 0.15) is 0 Å². The van der Waals surface area contributed by atoms with Crippen molar-refractivity contribution in [3.63, 3.8) is 0 Å². The maximum Gasteiger partial charge on any atom is 0.416 e. The lowest BCUT2D eigenvalue weighted by atomic mass is 10.0. The van der Waals surface area contributed by atoms with E-state index in [0.717, 1.165) is 19.2 Å².